The Bertz CT molecular complexity index is 805. The summed E-state index contributed by atoms with van der Waals surface area (Å²) in [6.07, 6.45) is 3.03. The molecule has 1 aromatic carbocycles. The van der Waals surface area contributed by atoms with Gasteiger partial charge in [-0.1, -0.05) is 6.08 Å². The van der Waals surface area contributed by atoms with Gasteiger partial charge in [-0.2, -0.15) is 0 Å². The van der Waals surface area contributed by atoms with Crippen molar-refractivity contribution >= 4 is 46.6 Å². The molecule has 1 aromatic rings. The lowest BCUT2D eigenvalue weighted by Gasteiger charge is -2.14. The summed E-state index contributed by atoms with van der Waals surface area (Å²) in [6.45, 7) is 5.61. The van der Waals surface area contributed by atoms with Crippen LogP contribution < -0.4 is 14.8 Å². The van der Waals surface area contributed by atoms with E-state index in [1.807, 2.05) is 29.5 Å². The lowest BCUT2D eigenvalue weighted by molar-refractivity contribution is -0.143. The van der Waals surface area contributed by atoms with Crippen LogP contribution in [0.3, 0.4) is 0 Å². The van der Waals surface area contributed by atoms with E-state index in [0.29, 0.717) is 27.2 Å². The zero-order chi connectivity index (χ0) is 20.0. The Kier molecular flexibility index (Phi) is 7.22. The van der Waals surface area contributed by atoms with Crippen LogP contribution in [0.5, 0.6) is 11.5 Å². The number of imide groups is 1. The summed E-state index contributed by atoms with van der Waals surface area (Å²) in [5.74, 6) is -0.125. The molecule has 27 heavy (non-hydrogen) atoms. The molecule has 1 aliphatic heterocycles. The summed E-state index contributed by atoms with van der Waals surface area (Å²) < 4.78 is 16.3. The van der Waals surface area contributed by atoms with Gasteiger partial charge >= 0.3 is 12.0 Å². The molecule has 3 amide bonds. The first kappa shape index (κ1) is 20.7. The standard InChI is InChI=1S/C18H19IN2O6/c1-4-6-21-17(23)13(20-18(21)24)8-11-7-12(19)16(14(9-11)26-5-2)27-10-15(22)25-3/h4,7-9H,1,5-6,10H2,2-3H3,(H,20,24)/b13-8+. The first-order chi connectivity index (χ1) is 12.9. The predicted octanol–water partition coefficient (Wildman–Crippen LogP) is 2.32. The maximum atomic E-state index is 12.3. The number of hydrogen-bond donors (Lipinski definition) is 1. The molecule has 8 nitrogen and oxygen atoms in total. The van der Waals surface area contributed by atoms with Crippen molar-refractivity contribution in [3.05, 3.63) is 39.6 Å². The van der Waals surface area contributed by atoms with Crippen molar-refractivity contribution in [2.24, 2.45) is 0 Å². The van der Waals surface area contributed by atoms with Crippen LogP contribution in [0.15, 0.2) is 30.5 Å². The molecular weight excluding hydrogens is 467 g/mol. The van der Waals surface area contributed by atoms with E-state index < -0.39 is 17.9 Å². The van der Waals surface area contributed by atoms with E-state index in [-0.39, 0.29) is 18.8 Å². The molecule has 1 fully saturated rings. The van der Waals surface area contributed by atoms with E-state index >= 15 is 0 Å². The van der Waals surface area contributed by atoms with Crippen molar-refractivity contribution in [2.75, 3.05) is 26.9 Å². The quantitative estimate of drug-likeness (QED) is 0.199. The van der Waals surface area contributed by atoms with E-state index in [4.69, 9.17) is 9.47 Å². The highest BCUT2D eigenvalue weighted by molar-refractivity contribution is 14.1. The van der Waals surface area contributed by atoms with Gasteiger partial charge in [0.15, 0.2) is 18.1 Å². The molecule has 2 rings (SSSR count). The third-order valence-electron chi connectivity index (χ3n) is 3.48. The lowest BCUT2D eigenvalue weighted by atomic mass is 10.1. The van der Waals surface area contributed by atoms with E-state index in [9.17, 15) is 14.4 Å². The Hall–Kier alpha value is -2.56. The molecule has 0 saturated carbocycles. The van der Waals surface area contributed by atoms with Crippen molar-refractivity contribution < 1.29 is 28.6 Å². The minimum Gasteiger partial charge on any atom is -0.490 e. The highest BCUT2D eigenvalue weighted by atomic mass is 127. The molecule has 0 unspecified atom stereocenters. The van der Waals surface area contributed by atoms with Crippen LogP contribution in [-0.2, 0) is 14.3 Å². The number of urea groups is 1. The largest absolute Gasteiger partial charge is 0.490 e. The molecule has 0 aliphatic carbocycles. The van der Waals surface area contributed by atoms with E-state index in [0.717, 1.165) is 4.90 Å². The summed E-state index contributed by atoms with van der Waals surface area (Å²) >= 11 is 2.04. The number of nitrogens with zero attached hydrogens (tertiary/aromatic N) is 1. The zero-order valence-corrected chi connectivity index (χ0v) is 17.1. The van der Waals surface area contributed by atoms with Crippen LogP contribution in [0.2, 0.25) is 0 Å². The average Bonchev–Trinajstić information content (AvgIpc) is 2.89. The molecule has 0 aromatic heterocycles. The maximum Gasteiger partial charge on any atom is 0.343 e. The van der Waals surface area contributed by atoms with Gasteiger partial charge in [0, 0.05) is 6.54 Å². The first-order valence-electron chi connectivity index (χ1n) is 8.02. The van der Waals surface area contributed by atoms with Crippen LogP contribution >= 0.6 is 22.6 Å². The second-order valence-electron chi connectivity index (χ2n) is 5.32. The minimum atomic E-state index is -0.513. The van der Waals surface area contributed by atoms with Crippen LogP contribution in [-0.4, -0.2) is 49.7 Å². The molecule has 0 radical (unpaired) electrons. The highest BCUT2D eigenvalue weighted by Gasteiger charge is 2.32. The van der Waals surface area contributed by atoms with Crippen molar-refractivity contribution in [1.29, 1.82) is 0 Å². The van der Waals surface area contributed by atoms with Crippen molar-refractivity contribution in [2.45, 2.75) is 6.92 Å². The fraction of sp³-hybridized carbons (Fsp3) is 0.278. The van der Waals surface area contributed by atoms with Gasteiger partial charge in [0.1, 0.15) is 5.70 Å². The number of carbonyl (C=O) groups excluding carboxylic acids is 3. The summed E-state index contributed by atoms with van der Waals surface area (Å²) in [6, 6.07) is 2.92. The second-order valence-corrected chi connectivity index (χ2v) is 6.48. The number of nitrogens with one attached hydrogen (secondary N) is 1. The Balaban J connectivity index is 2.33. The Morgan fingerprint density at radius 3 is 2.70 bits per heavy atom. The fourth-order valence-electron chi connectivity index (χ4n) is 2.30. The molecule has 1 N–H and O–H groups in total. The Morgan fingerprint density at radius 2 is 2.07 bits per heavy atom. The van der Waals surface area contributed by atoms with E-state index in [1.165, 1.54) is 13.2 Å². The molecule has 9 heteroatoms. The van der Waals surface area contributed by atoms with Gasteiger partial charge < -0.3 is 19.5 Å². The summed E-state index contributed by atoms with van der Waals surface area (Å²) in [5.41, 5.74) is 0.792. The maximum absolute atomic E-state index is 12.3. The Labute approximate surface area is 170 Å². The molecule has 0 spiro atoms. The van der Waals surface area contributed by atoms with Gasteiger partial charge in [-0.15, -0.1) is 6.58 Å². The van der Waals surface area contributed by atoms with Crippen LogP contribution in [0.1, 0.15) is 12.5 Å². The molecule has 1 aliphatic rings. The van der Waals surface area contributed by atoms with Crippen molar-refractivity contribution in [3.8, 4) is 11.5 Å². The summed E-state index contributed by atoms with van der Waals surface area (Å²) in [5, 5.41) is 2.54. The van der Waals surface area contributed by atoms with Gasteiger partial charge in [0.2, 0.25) is 0 Å². The monoisotopic (exact) mass is 486 g/mol. The number of rotatable bonds is 8. The topological polar surface area (TPSA) is 94.2 Å². The van der Waals surface area contributed by atoms with Crippen LogP contribution in [0.4, 0.5) is 4.79 Å². The summed E-state index contributed by atoms with van der Waals surface area (Å²) in [4.78, 5) is 36.5. The SMILES string of the molecule is C=CCN1C(=O)N/C(=C/c2cc(I)c(OCC(=O)OC)c(OCC)c2)C1=O. The van der Waals surface area contributed by atoms with Gasteiger partial charge in [-0.25, -0.2) is 9.59 Å². The highest BCUT2D eigenvalue weighted by Crippen LogP contribution is 2.35. The Morgan fingerprint density at radius 1 is 1.33 bits per heavy atom. The van der Waals surface area contributed by atoms with Gasteiger partial charge in [0.25, 0.3) is 5.91 Å². The first-order valence-corrected chi connectivity index (χ1v) is 9.10. The number of hydrogen-bond acceptors (Lipinski definition) is 6. The second kappa shape index (κ2) is 9.40. The van der Waals surface area contributed by atoms with Crippen LogP contribution in [0, 0.1) is 3.57 Å². The van der Waals surface area contributed by atoms with Crippen LogP contribution in [0.25, 0.3) is 6.08 Å². The fourth-order valence-corrected chi connectivity index (χ4v) is 3.08. The molecule has 144 valence electrons. The summed E-state index contributed by atoms with van der Waals surface area (Å²) in [7, 11) is 1.28. The minimum absolute atomic E-state index is 0.129. The number of halogens is 1. The number of esters is 1. The molecule has 1 saturated heterocycles. The molecule has 0 atom stereocenters. The number of carbonyl (C=O) groups is 3. The number of amides is 3. The van der Waals surface area contributed by atoms with E-state index in [2.05, 4.69) is 16.6 Å². The van der Waals surface area contributed by atoms with E-state index in [1.54, 1.807) is 18.2 Å². The van der Waals surface area contributed by atoms with Crippen molar-refractivity contribution in [1.82, 2.24) is 10.2 Å². The normalized spacial score (nSPS) is 14.9. The predicted molar refractivity (Wildman–Crippen MR) is 106 cm³/mol. The third kappa shape index (κ3) is 5.00. The van der Waals surface area contributed by atoms with Gasteiger partial charge in [-0.05, 0) is 53.3 Å². The number of benzene rings is 1. The lowest BCUT2D eigenvalue weighted by Crippen LogP contribution is -2.30. The molecule has 0 bridgehead atoms. The average molecular weight is 486 g/mol. The smallest absolute Gasteiger partial charge is 0.343 e. The zero-order valence-electron chi connectivity index (χ0n) is 14.9. The number of methoxy groups -OCH3 is 1. The third-order valence-corrected chi connectivity index (χ3v) is 4.28. The van der Waals surface area contributed by atoms with Gasteiger partial charge in [-0.3, -0.25) is 9.69 Å². The van der Waals surface area contributed by atoms with Gasteiger partial charge in [0.05, 0.1) is 17.3 Å². The van der Waals surface area contributed by atoms with Crippen molar-refractivity contribution in [3.63, 3.8) is 0 Å². The molecular formula is C18H19IN2O6. The number of ether oxygens (including phenoxy) is 3. The molecule has 1 heterocycles.